The van der Waals surface area contributed by atoms with Crippen LogP contribution >= 0.6 is 0 Å². The highest BCUT2D eigenvalue weighted by molar-refractivity contribution is 6.04. The topological polar surface area (TPSA) is 26.0 Å². The fourth-order valence-electron chi connectivity index (χ4n) is 2.57. The van der Waals surface area contributed by atoms with Gasteiger partial charge in [0.15, 0.2) is 0 Å². The molecule has 0 radical (unpaired) electrons. The first-order valence-electron chi connectivity index (χ1n) is 6.25. The van der Waals surface area contributed by atoms with Crippen molar-refractivity contribution in [3.63, 3.8) is 0 Å². The van der Waals surface area contributed by atoms with Gasteiger partial charge in [-0.05, 0) is 47.7 Å². The van der Waals surface area contributed by atoms with Crippen molar-refractivity contribution in [2.75, 3.05) is 0 Å². The molecular weight excluding hydrogens is 222 g/mol. The van der Waals surface area contributed by atoms with Crippen LogP contribution in [0.4, 0.5) is 0 Å². The average molecular weight is 239 g/mol. The molecule has 2 heteroatoms. The second kappa shape index (κ2) is 3.58. The maximum atomic E-state index is 5.79. The molecule has 92 valence electrons. The molecule has 0 amide bonds. The lowest BCUT2D eigenvalue weighted by molar-refractivity contribution is 0.586. The summed E-state index contributed by atoms with van der Waals surface area (Å²) in [4.78, 5) is 4.27. The largest absolute Gasteiger partial charge is 0.438 e. The van der Waals surface area contributed by atoms with Crippen LogP contribution in [-0.4, -0.2) is 4.98 Å². The fourth-order valence-corrected chi connectivity index (χ4v) is 2.57. The van der Waals surface area contributed by atoms with Gasteiger partial charge in [-0.25, -0.2) is 4.98 Å². The summed E-state index contributed by atoms with van der Waals surface area (Å²) in [6.45, 7) is 8.85. The minimum absolute atomic E-state index is 0.143. The van der Waals surface area contributed by atoms with Crippen LogP contribution in [0.25, 0.3) is 22.1 Å². The Bertz CT molecular complexity index is 732. The van der Waals surface area contributed by atoms with Crippen molar-refractivity contribution < 1.29 is 4.42 Å². The second-order valence-corrected chi connectivity index (χ2v) is 5.87. The minimum atomic E-state index is 0.143. The Morgan fingerprint density at radius 2 is 1.89 bits per heavy atom. The fraction of sp³-hybridized carbons (Fsp3) is 0.312. The van der Waals surface area contributed by atoms with Crippen molar-refractivity contribution in [1.29, 1.82) is 0 Å². The van der Waals surface area contributed by atoms with Gasteiger partial charge in [0.05, 0.1) is 0 Å². The third-order valence-electron chi connectivity index (χ3n) is 3.40. The van der Waals surface area contributed by atoms with Crippen molar-refractivity contribution >= 4 is 22.1 Å². The van der Waals surface area contributed by atoms with Gasteiger partial charge in [-0.15, -0.1) is 0 Å². The van der Waals surface area contributed by atoms with Gasteiger partial charge in [-0.1, -0.05) is 20.8 Å². The summed E-state index contributed by atoms with van der Waals surface area (Å²) in [6.07, 6.45) is 1.77. The number of pyridine rings is 1. The lowest BCUT2D eigenvalue weighted by Crippen LogP contribution is -2.12. The number of aromatic nitrogens is 1. The molecule has 0 fully saturated rings. The lowest BCUT2D eigenvalue weighted by Gasteiger charge is -2.21. The Labute approximate surface area is 107 Å². The van der Waals surface area contributed by atoms with Crippen molar-refractivity contribution in [2.45, 2.75) is 33.1 Å². The molecule has 0 saturated carbocycles. The van der Waals surface area contributed by atoms with E-state index in [0.717, 1.165) is 22.1 Å². The van der Waals surface area contributed by atoms with Gasteiger partial charge in [0.1, 0.15) is 5.58 Å². The molecule has 0 N–H and O–H groups in total. The number of benzene rings is 1. The van der Waals surface area contributed by atoms with Crippen molar-refractivity contribution in [1.82, 2.24) is 4.98 Å². The summed E-state index contributed by atoms with van der Waals surface area (Å²) in [7, 11) is 0. The van der Waals surface area contributed by atoms with Crippen LogP contribution in [0.15, 0.2) is 34.9 Å². The number of furan rings is 1. The highest BCUT2D eigenvalue weighted by Crippen LogP contribution is 2.34. The molecule has 2 nitrogen and oxygen atoms in total. The number of fused-ring (bicyclic) bond motifs is 3. The highest BCUT2D eigenvalue weighted by Gasteiger charge is 2.19. The van der Waals surface area contributed by atoms with Crippen LogP contribution in [0.5, 0.6) is 0 Å². The molecule has 0 aliphatic carbocycles. The summed E-state index contributed by atoms with van der Waals surface area (Å²) in [5, 5.41) is 2.26. The van der Waals surface area contributed by atoms with Crippen LogP contribution in [0.2, 0.25) is 0 Å². The lowest BCUT2D eigenvalue weighted by atomic mass is 9.83. The zero-order valence-electron chi connectivity index (χ0n) is 11.2. The molecule has 3 aromatic rings. The first-order chi connectivity index (χ1) is 8.47. The van der Waals surface area contributed by atoms with Gasteiger partial charge in [-0.2, -0.15) is 0 Å². The van der Waals surface area contributed by atoms with Gasteiger partial charge < -0.3 is 4.42 Å². The molecule has 0 spiro atoms. The number of rotatable bonds is 0. The van der Waals surface area contributed by atoms with Crippen LogP contribution in [0, 0.1) is 6.92 Å². The first kappa shape index (κ1) is 11.3. The van der Waals surface area contributed by atoms with E-state index in [1.165, 1.54) is 11.1 Å². The van der Waals surface area contributed by atoms with E-state index in [9.17, 15) is 0 Å². The van der Waals surface area contributed by atoms with Gasteiger partial charge in [-0.3, -0.25) is 0 Å². The molecule has 0 atom stereocenters. The standard InChI is InChI=1S/C16H17NO/c1-10-8-14-12(9-13(10)16(2,3)4)11-6-5-7-17-15(11)18-14/h5-9H,1-4H3. The normalized spacial score (nSPS) is 12.4. The predicted molar refractivity (Wildman–Crippen MR) is 75.0 cm³/mol. The number of aryl methyl sites for hydroxylation is 1. The van der Waals surface area contributed by atoms with Crippen LogP contribution in [0.3, 0.4) is 0 Å². The Hall–Kier alpha value is -1.83. The van der Waals surface area contributed by atoms with Gasteiger partial charge in [0, 0.05) is 17.0 Å². The first-order valence-corrected chi connectivity index (χ1v) is 6.25. The number of hydrogen-bond donors (Lipinski definition) is 0. The SMILES string of the molecule is Cc1cc2oc3ncccc3c2cc1C(C)(C)C. The van der Waals surface area contributed by atoms with E-state index in [4.69, 9.17) is 4.42 Å². The van der Waals surface area contributed by atoms with Crippen molar-refractivity contribution in [3.8, 4) is 0 Å². The zero-order valence-corrected chi connectivity index (χ0v) is 11.2. The van der Waals surface area contributed by atoms with Crippen molar-refractivity contribution in [3.05, 3.63) is 41.6 Å². The molecular formula is C16H17NO. The van der Waals surface area contributed by atoms with E-state index in [1.54, 1.807) is 6.20 Å². The van der Waals surface area contributed by atoms with E-state index >= 15 is 0 Å². The summed E-state index contributed by atoms with van der Waals surface area (Å²) in [5.74, 6) is 0. The summed E-state index contributed by atoms with van der Waals surface area (Å²) in [6, 6.07) is 8.39. The third kappa shape index (κ3) is 1.60. The summed E-state index contributed by atoms with van der Waals surface area (Å²) >= 11 is 0. The molecule has 2 aromatic heterocycles. The van der Waals surface area contributed by atoms with Crippen LogP contribution in [-0.2, 0) is 5.41 Å². The van der Waals surface area contributed by atoms with Crippen LogP contribution < -0.4 is 0 Å². The van der Waals surface area contributed by atoms with E-state index in [0.29, 0.717) is 0 Å². The maximum absolute atomic E-state index is 5.79. The van der Waals surface area contributed by atoms with Gasteiger partial charge >= 0.3 is 0 Å². The van der Waals surface area contributed by atoms with Gasteiger partial charge in [0.25, 0.3) is 0 Å². The Morgan fingerprint density at radius 3 is 2.61 bits per heavy atom. The monoisotopic (exact) mass is 239 g/mol. The molecule has 0 unspecified atom stereocenters. The quantitative estimate of drug-likeness (QED) is 0.573. The maximum Gasteiger partial charge on any atom is 0.227 e. The predicted octanol–water partition coefficient (Wildman–Crippen LogP) is 4.59. The van der Waals surface area contributed by atoms with E-state index in [-0.39, 0.29) is 5.41 Å². The van der Waals surface area contributed by atoms with Crippen molar-refractivity contribution in [2.24, 2.45) is 0 Å². The van der Waals surface area contributed by atoms with E-state index < -0.39 is 0 Å². The smallest absolute Gasteiger partial charge is 0.227 e. The van der Waals surface area contributed by atoms with Gasteiger partial charge in [0.2, 0.25) is 5.71 Å². The number of hydrogen-bond acceptors (Lipinski definition) is 2. The molecule has 0 aliphatic heterocycles. The second-order valence-electron chi connectivity index (χ2n) is 5.87. The minimum Gasteiger partial charge on any atom is -0.438 e. The Kier molecular flexibility index (Phi) is 2.24. The van der Waals surface area contributed by atoms with E-state index in [2.05, 4.69) is 50.9 Å². The average Bonchev–Trinajstić information content (AvgIpc) is 2.63. The third-order valence-corrected chi connectivity index (χ3v) is 3.40. The molecule has 3 rings (SSSR count). The summed E-state index contributed by atoms with van der Waals surface area (Å²) in [5.41, 5.74) is 4.42. The molecule has 0 saturated heterocycles. The Balaban J connectivity index is 2.43. The Morgan fingerprint density at radius 1 is 1.11 bits per heavy atom. The zero-order chi connectivity index (χ0) is 12.9. The highest BCUT2D eigenvalue weighted by atomic mass is 16.3. The molecule has 1 aromatic carbocycles. The van der Waals surface area contributed by atoms with Crippen LogP contribution in [0.1, 0.15) is 31.9 Å². The van der Waals surface area contributed by atoms with E-state index in [1.807, 2.05) is 6.07 Å². The molecule has 18 heavy (non-hydrogen) atoms. The number of nitrogens with zero attached hydrogens (tertiary/aromatic N) is 1. The molecule has 0 bridgehead atoms. The summed E-state index contributed by atoms with van der Waals surface area (Å²) < 4.78 is 5.79. The molecule has 0 aliphatic rings. The molecule has 2 heterocycles.